The predicted molar refractivity (Wildman–Crippen MR) is 64.4 cm³/mol. The van der Waals surface area contributed by atoms with E-state index in [2.05, 4.69) is 10.6 Å². The second-order valence-electron chi connectivity index (χ2n) is 4.97. The fraction of sp³-hybridized carbons (Fsp3) is 0.833. The summed E-state index contributed by atoms with van der Waals surface area (Å²) in [5.74, 6) is 0.192. The smallest absolute Gasteiger partial charge is 0.239 e. The molecule has 5 nitrogen and oxygen atoms in total. The normalized spacial score (nSPS) is 29.1. The van der Waals surface area contributed by atoms with E-state index in [4.69, 9.17) is 0 Å². The van der Waals surface area contributed by atoms with Crippen LogP contribution in [0.5, 0.6) is 0 Å². The molecule has 2 aliphatic rings. The molecule has 0 aromatic heterocycles. The zero-order valence-electron chi connectivity index (χ0n) is 10.4. The molecule has 0 aromatic rings. The zero-order chi connectivity index (χ0) is 12.3. The lowest BCUT2D eigenvalue weighted by molar-refractivity contribution is -0.133. The first-order valence-corrected chi connectivity index (χ1v) is 6.46. The van der Waals surface area contributed by atoms with Gasteiger partial charge in [0.05, 0.1) is 6.04 Å². The number of carbonyl (C=O) groups is 2. The van der Waals surface area contributed by atoms with Gasteiger partial charge in [-0.25, -0.2) is 0 Å². The van der Waals surface area contributed by atoms with Gasteiger partial charge in [0.15, 0.2) is 0 Å². The van der Waals surface area contributed by atoms with Crippen LogP contribution in [0, 0.1) is 0 Å². The molecule has 2 aliphatic heterocycles. The highest BCUT2D eigenvalue weighted by Gasteiger charge is 2.31. The molecule has 0 saturated carbocycles. The van der Waals surface area contributed by atoms with Gasteiger partial charge in [-0.15, -0.1) is 0 Å². The third kappa shape index (κ3) is 3.19. The van der Waals surface area contributed by atoms with E-state index in [0.717, 1.165) is 38.8 Å². The first-order chi connectivity index (χ1) is 8.16. The first-order valence-electron chi connectivity index (χ1n) is 6.46. The topological polar surface area (TPSA) is 61.4 Å². The summed E-state index contributed by atoms with van der Waals surface area (Å²) < 4.78 is 0. The van der Waals surface area contributed by atoms with Crippen molar-refractivity contribution in [3.8, 4) is 0 Å². The molecule has 0 radical (unpaired) electrons. The molecule has 0 spiro atoms. The Morgan fingerprint density at radius 2 is 2.12 bits per heavy atom. The number of nitrogens with zero attached hydrogens (tertiary/aromatic N) is 1. The summed E-state index contributed by atoms with van der Waals surface area (Å²) in [5.41, 5.74) is 0. The summed E-state index contributed by atoms with van der Waals surface area (Å²) in [6.07, 6.45) is 4.11. The van der Waals surface area contributed by atoms with Gasteiger partial charge < -0.3 is 15.5 Å². The molecule has 0 aromatic carbocycles. The van der Waals surface area contributed by atoms with Crippen LogP contribution in [-0.4, -0.2) is 48.4 Å². The number of nitrogens with one attached hydrogen (secondary N) is 2. The molecule has 2 atom stereocenters. The van der Waals surface area contributed by atoms with Crippen LogP contribution in [0.25, 0.3) is 0 Å². The van der Waals surface area contributed by atoms with Crippen molar-refractivity contribution in [3.05, 3.63) is 0 Å². The molecule has 2 rings (SSSR count). The maximum Gasteiger partial charge on any atom is 0.239 e. The van der Waals surface area contributed by atoms with Gasteiger partial charge in [-0.05, 0) is 25.8 Å². The molecule has 2 heterocycles. The number of likely N-dealkylation sites (tertiary alicyclic amines) is 1. The van der Waals surface area contributed by atoms with E-state index in [0.29, 0.717) is 6.54 Å². The largest absolute Gasteiger partial charge is 0.352 e. The van der Waals surface area contributed by atoms with Gasteiger partial charge in [0, 0.05) is 26.1 Å². The predicted octanol–water partition coefficient (Wildman–Crippen LogP) is -0.134. The quantitative estimate of drug-likeness (QED) is 0.705. The minimum Gasteiger partial charge on any atom is -0.352 e. The van der Waals surface area contributed by atoms with Gasteiger partial charge >= 0.3 is 0 Å². The highest BCUT2D eigenvalue weighted by atomic mass is 16.2. The number of amides is 2. The Morgan fingerprint density at radius 1 is 1.29 bits per heavy atom. The van der Waals surface area contributed by atoms with E-state index in [1.165, 1.54) is 6.92 Å². The van der Waals surface area contributed by atoms with Crippen molar-refractivity contribution in [2.75, 3.05) is 19.6 Å². The van der Waals surface area contributed by atoms with E-state index in [1.807, 2.05) is 4.90 Å². The second-order valence-corrected chi connectivity index (χ2v) is 4.97. The highest BCUT2D eigenvalue weighted by Crippen LogP contribution is 2.15. The Bertz CT molecular complexity index is 300. The Kier molecular flexibility index (Phi) is 3.99. The Labute approximate surface area is 102 Å². The van der Waals surface area contributed by atoms with E-state index in [1.54, 1.807) is 0 Å². The van der Waals surface area contributed by atoms with E-state index < -0.39 is 0 Å². The van der Waals surface area contributed by atoms with Crippen molar-refractivity contribution >= 4 is 11.8 Å². The number of piperidine rings is 1. The van der Waals surface area contributed by atoms with Crippen LogP contribution in [0.4, 0.5) is 0 Å². The van der Waals surface area contributed by atoms with Crippen LogP contribution >= 0.6 is 0 Å². The minimum atomic E-state index is -0.0138. The average molecular weight is 239 g/mol. The molecule has 2 fully saturated rings. The maximum atomic E-state index is 12.2. The van der Waals surface area contributed by atoms with Crippen molar-refractivity contribution in [1.29, 1.82) is 0 Å². The SMILES string of the molecule is CC(=O)NC1CCN(C(=O)C2CCCCN2)C1. The summed E-state index contributed by atoms with van der Waals surface area (Å²) in [7, 11) is 0. The lowest BCUT2D eigenvalue weighted by Gasteiger charge is -2.27. The molecule has 2 saturated heterocycles. The molecule has 2 amide bonds. The number of hydrogen-bond acceptors (Lipinski definition) is 3. The molecule has 0 aliphatic carbocycles. The summed E-state index contributed by atoms with van der Waals surface area (Å²) in [5, 5.41) is 6.15. The molecule has 0 bridgehead atoms. The lowest BCUT2D eigenvalue weighted by atomic mass is 10.0. The molecular formula is C12H21N3O2. The number of rotatable bonds is 2. The van der Waals surface area contributed by atoms with Crippen LogP contribution in [0.1, 0.15) is 32.6 Å². The summed E-state index contributed by atoms with van der Waals surface area (Å²) in [6, 6.07) is 0.139. The average Bonchev–Trinajstić information content (AvgIpc) is 2.77. The lowest BCUT2D eigenvalue weighted by Crippen LogP contribution is -2.48. The van der Waals surface area contributed by atoms with Gasteiger partial charge in [-0.1, -0.05) is 6.42 Å². The second kappa shape index (κ2) is 5.49. The third-order valence-corrected chi connectivity index (χ3v) is 3.52. The summed E-state index contributed by atoms with van der Waals surface area (Å²) in [6.45, 7) is 3.89. The van der Waals surface area contributed by atoms with Crippen LogP contribution < -0.4 is 10.6 Å². The number of carbonyl (C=O) groups excluding carboxylic acids is 2. The van der Waals surface area contributed by atoms with E-state index >= 15 is 0 Å². The standard InChI is InChI=1S/C12H21N3O2/c1-9(16)14-10-5-7-15(8-10)12(17)11-4-2-3-6-13-11/h10-11,13H,2-8H2,1H3,(H,14,16). The zero-order valence-corrected chi connectivity index (χ0v) is 10.4. The molecule has 17 heavy (non-hydrogen) atoms. The highest BCUT2D eigenvalue weighted by molar-refractivity contribution is 5.82. The van der Waals surface area contributed by atoms with Gasteiger partial charge in [-0.3, -0.25) is 9.59 Å². The van der Waals surface area contributed by atoms with E-state index in [9.17, 15) is 9.59 Å². The monoisotopic (exact) mass is 239 g/mol. The fourth-order valence-electron chi connectivity index (χ4n) is 2.65. The summed E-state index contributed by atoms with van der Waals surface area (Å²) >= 11 is 0. The molecule has 2 unspecified atom stereocenters. The molecule has 96 valence electrons. The maximum absolute atomic E-state index is 12.2. The van der Waals surface area contributed by atoms with Crippen molar-refractivity contribution in [2.45, 2.75) is 44.7 Å². The van der Waals surface area contributed by atoms with Crippen LogP contribution in [0.2, 0.25) is 0 Å². The first kappa shape index (κ1) is 12.4. The van der Waals surface area contributed by atoms with Crippen LogP contribution in [0.15, 0.2) is 0 Å². The summed E-state index contributed by atoms with van der Waals surface area (Å²) in [4.78, 5) is 25.0. The van der Waals surface area contributed by atoms with Crippen LogP contribution in [0.3, 0.4) is 0 Å². The number of hydrogen-bond donors (Lipinski definition) is 2. The molecule has 5 heteroatoms. The van der Waals surface area contributed by atoms with Gasteiger partial charge in [-0.2, -0.15) is 0 Å². The molecular weight excluding hydrogens is 218 g/mol. The Hall–Kier alpha value is -1.10. The minimum absolute atomic E-state index is 0.000159. The van der Waals surface area contributed by atoms with Crippen molar-refractivity contribution < 1.29 is 9.59 Å². The van der Waals surface area contributed by atoms with E-state index in [-0.39, 0.29) is 23.9 Å². The van der Waals surface area contributed by atoms with Crippen LogP contribution in [-0.2, 0) is 9.59 Å². The molecule has 2 N–H and O–H groups in total. The van der Waals surface area contributed by atoms with Crippen molar-refractivity contribution in [1.82, 2.24) is 15.5 Å². The van der Waals surface area contributed by atoms with Crippen molar-refractivity contribution in [2.24, 2.45) is 0 Å². The Balaban J connectivity index is 1.82. The fourth-order valence-corrected chi connectivity index (χ4v) is 2.65. The Morgan fingerprint density at radius 3 is 2.76 bits per heavy atom. The van der Waals surface area contributed by atoms with Gasteiger partial charge in [0.25, 0.3) is 0 Å². The van der Waals surface area contributed by atoms with Crippen molar-refractivity contribution in [3.63, 3.8) is 0 Å². The van der Waals surface area contributed by atoms with Gasteiger partial charge in [0.1, 0.15) is 0 Å². The van der Waals surface area contributed by atoms with Gasteiger partial charge in [0.2, 0.25) is 11.8 Å². The third-order valence-electron chi connectivity index (χ3n) is 3.52.